The molecule has 3 atom stereocenters. The number of H-pyrrole nitrogens is 1. The summed E-state index contributed by atoms with van der Waals surface area (Å²) in [4.78, 5) is 28.6. The van der Waals surface area contributed by atoms with Crippen LogP contribution < -0.4 is 0 Å². The Bertz CT molecular complexity index is 599. The molecule has 3 saturated heterocycles. The highest BCUT2D eigenvalue weighted by Gasteiger charge is 2.44. The Kier molecular flexibility index (Phi) is 4.24. The molecule has 0 spiro atoms. The summed E-state index contributed by atoms with van der Waals surface area (Å²) < 4.78 is 11.3. The molecule has 3 aliphatic rings. The Morgan fingerprint density at radius 3 is 2.79 bits per heavy atom. The van der Waals surface area contributed by atoms with Gasteiger partial charge in [-0.05, 0) is 24.8 Å². The Labute approximate surface area is 140 Å². The average Bonchev–Trinajstić information content (AvgIpc) is 3.30. The first kappa shape index (κ1) is 15.6. The Hall–Kier alpha value is -1.93. The standard InChI is InChI=1S/C16H22N4O4/c21-15(12-1-3-17-18-12)20-4-2-11-9-13(24-14(11)10-20)16(22)19-5-7-23-8-6-19/h1,3,11,13-14H,2,4-10H2,(H,17,18)/t11-,13+,14-/m0/s1. The number of rotatable bonds is 2. The Morgan fingerprint density at radius 2 is 2.04 bits per heavy atom. The number of fused-ring (bicyclic) bond motifs is 1. The SMILES string of the molecule is O=C(c1ccn[nH]1)N1CC[C@H]2C[C@H](C(=O)N3CCOCC3)O[C@H]2C1. The summed E-state index contributed by atoms with van der Waals surface area (Å²) in [6.07, 6.45) is 2.77. The maximum atomic E-state index is 12.6. The van der Waals surface area contributed by atoms with Gasteiger partial charge in [-0.25, -0.2) is 0 Å². The Morgan fingerprint density at radius 1 is 1.21 bits per heavy atom. The van der Waals surface area contributed by atoms with Crippen molar-refractivity contribution in [2.75, 3.05) is 39.4 Å². The number of carbonyl (C=O) groups is 2. The molecule has 0 saturated carbocycles. The van der Waals surface area contributed by atoms with Crippen LogP contribution in [0.4, 0.5) is 0 Å². The lowest BCUT2D eigenvalue weighted by atomic mass is 9.91. The molecule has 3 aliphatic heterocycles. The number of morpholine rings is 1. The van der Waals surface area contributed by atoms with Crippen LogP contribution >= 0.6 is 0 Å². The lowest BCUT2D eigenvalue weighted by Gasteiger charge is -2.33. The smallest absolute Gasteiger partial charge is 0.271 e. The molecule has 4 heterocycles. The molecule has 8 heteroatoms. The molecule has 0 bridgehead atoms. The normalized spacial score (nSPS) is 30.2. The van der Waals surface area contributed by atoms with E-state index in [4.69, 9.17) is 9.47 Å². The van der Waals surface area contributed by atoms with E-state index in [2.05, 4.69) is 10.2 Å². The molecule has 130 valence electrons. The molecule has 1 N–H and O–H groups in total. The first-order valence-electron chi connectivity index (χ1n) is 8.53. The predicted octanol–water partition coefficient (Wildman–Crippen LogP) is -0.112. The average molecular weight is 334 g/mol. The van der Waals surface area contributed by atoms with Crippen LogP contribution in [0, 0.1) is 5.92 Å². The van der Waals surface area contributed by atoms with E-state index in [9.17, 15) is 9.59 Å². The summed E-state index contributed by atoms with van der Waals surface area (Å²) in [6, 6.07) is 1.68. The fourth-order valence-electron chi connectivity index (χ4n) is 3.81. The zero-order valence-corrected chi connectivity index (χ0v) is 13.5. The van der Waals surface area contributed by atoms with Crippen LogP contribution in [0.2, 0.25) is 0 Å². The number of nitrogens with zero attached hydrogens (tertiary/aromatic N) is 3. The molecule has 1 aromatic rings. The van der Waals surface area contributed by atoms with Crippen molar-refractivity contribution in [1.82, 2.24) is 20.0 Å². The van der Waals surface area contributed by atoms with E-state index >= 15 is 0 Å². The fraction of sp³-hybridized carbons (Fsp3) is 0.688. The van der Waals surface area contributed by atoms with E-state index in [1.165, 1.54) is 0 Å². The maximum Gasteiger partial charge on any atom is 0.271 e. The van der Waals surface area contributed by atoms with Gasteiger partial charge in [0.15, 0.2) is 0 Å². The van der Waals surface area contributed by atoms with Crippen LogP contribution in [0.3, 0.4) is 0 Å². The second-order valence-electron chi connectivity index (χ2n) is 6.61. The monoisotopic (exact) mass is 334 g/mol. The molecule has 1 aromatic heterocycles. The number of piperidine rings is 1. The van der Waals surface area contributed by atoms with Crippen molar-refractivity contribution >= 4 is 11.8 Å². The molecule has 24 heavy (non-hydrogen) atoms. The topological polar surface area (TPSA) is 87.8 Å². The Balaban J connectivity index is 1.37. The number of carbonyl (C=O) groups excluding carboxylic acids is 2. The number of aromatic amines is 1. The predicted molar refractivity (Wildman–Crippen MR) is 83.3 cm³/mol. The van der Waals surface area contributed by atoms with Gasteiger partial charge in [-0.3, -0.25) is 14.7 Å². The van der Waals surface area contributed by atoms with Gasteiger partial charge in [0.2, 0.25) is 0 Å². The highest BCUT2D eigenvalue weighted by Crippen LogP contribution is 2.34. The van der Waals surface area contributed by atoms with Gasteiger partial charge in [0, 0.05) is 32.4 Å². The van der Waals surface area contributed by atoms with Crippen molar-refractivity contribution in [3.05, 3.63) is 18.0 Å². The molecule has 0 radical (unpaired) electrons. The quantitative estimate of drug-likeness (QED) is 0.815. The minimum absolute atomic E-state index is 0.0550. The van der Waals surface area contributed by atoms with Crippen molar-refractivity contribution < 1.29 is 19.1 Å². The summed E-state index contributed by atoms with van der Waals surface area (Å²) in [7, 11) is 0. The van der Waals surface area contributed by atoms with Gasteiger partial charge < -0.3 is 19.3 Å². The van der Waals surface area contributed by atoms with Crippen LogP contribution in [0.1, 0.15) is 23.3 Å². The minimum atomic E-state index is -0.375. The molecular weight excluding hydrogens is 312 g/mol. The van der Waals surface area contributed by atoms with Gasteiger partial charge in [-0.1, -0.05) is 0 Å². The summed E-state index contributed by atoms with van der Waals surface area (Å²) >= 11 is 0. The highest BCUT2D eigenvalue weighted by atomic mass is 16.5. The molecule has 0 aromatic carbocycles. The van der Waals surface area contributed by atoms with Gasteiger partial charge in [-0.15, -0.1) is 0 Å². The van der Waals surface area contributed by atoms with Crippen molar-refractivity contribution in [3.63, 3.8) is 0 Å². The lowest BCUT2D eigenvalue weighted by molar-refractivity contribution is -0.147. The zero-order chi connectivity index (χ0) is 16.5. The van der Waals surface area contributed by atoms with Gasteiger partial charge in [0.1, 0.15) is 11.8 Å². The summed E-state index contributed by atoms with van der Waals surface area (Å²) in [5, 5.41) is 6.54. The van der Waals surface area contributed by atoms with E-state index in [0.29, 0.717) is 51.0 Å². The van der Waals surface area contributed by atoms with Crippen LogP contribution in [-0.2, 0) is 14.3 Å². The van der Waals surface area contributed by atoms with E-state index < -0.39 is 0 Å². The minimum Gasteiger partial charge on any atom is -0.378 e. The molecule has 0 aliphatic carbocycles. The van der Waals surface area contributed by atoms with Gasteiger partial charge >= 0.3 is 0 Å². The third-order valence-corrected chi connectivity index (χ3v) is 5.17. The van der Waals surface area contributed by atoms with E-state index in [-0.39, 0.29) is 24.0 Å². The van der Waals surface area contributed by atoms with Crippen LogP contribution in [-0.4, -0.2) is 83.4 Å². The third-order valence-electron chi connectivity index (χ3n) is 5.17. The number of aromatic nitrogens is 2. The number of hydrogen-bond donors (Lipinski definition) is 1. The van der Waals surface area contributed by atoms with Crippen molar-refractivity contribution in [1.29, 1.82) is 0 Å². The number of hydrogen-bond acceptors (Lipinski definition) is 5. The third kappa shape index (κ3) is 2.91. The largest absolute Gasteiger partial charge is 0.378 e. The second-order valence-corrected chi connectivity index (χ2v) is 6.61. The lowest BCUT2D eigenvalue weighted by Crippen LogP contribution is -2.46. The number of likely N-dealkylation sites (tertiary alicyclic amines) is 1. The van der Waals surface area contributed by atoms with Crippen LogP contribution in [0.5, 0.6) is 0 Å². The van der Waals surface area contributed by atoms with Crippen LogP contribution in [0.25, 0.3) is 0 Å². The van der Waals surface area contributed by atoms with Gasteiger partial charge in [0.25, 0.3) is 11.8 Å². The number of ether oxygens (including phenoxy) is 2. The highest BCUT2D eigenvalue weighted by molar-refractivity contribution is 5.92. The molecule has 0 unspecified atom stereocenters. The van der Waals surface area contributed by atoms with Gasteiger partial charge in [0.05, 0.1) is 19.3 Å². The molecule has 8 nitrogen and oxygen atoms in total. The van der Waals surface area contributed by atoms with Crippen molar-refractivity contribution in [2.24, 2.45) is 5.92 Å². The van der Waals surface area contributed by atoms with E-state index in [0.717, 1.165) is 12.8 Å². The van der Waals surface area contributed by atoms with Crippen LogP contribution in [0.15, 0.2) is 12.3 Å². The van der Waals surface area contributed by atoms with Gasteiger partial charge in [-0.2, -0.15) is 5.10 Å². The zero-order valence-electron chi connectivity index (χ0n) is 13.5. The number of nitrogens with one attached hydrogen (secondary N) is 1. The second kappa shape index (κ2) is 6.52. The van der Waals surface area contributed by atoms with E-state index in [1.54, 1.807) is 17.2 Å². The first-order valence-corrected chi connectivity index (χ1v) is 8.53. The van der Waals surface area contributed by atoms with Crippen molar-refractivity contribution in [2.45, 2.75) is 25.0 Å². The molecular formula is C16H22N4O4. The maximum absolute atomic E-state index is 12.6. The fourth-order valence-corrected chi connectivity index (χ4v) is 3.81. The molecule has 3 fully saturated rings. The summed E-state index contributed by atoms with van der Waals surface area (Å²) in [5.74, 6) is 0.363. The number of amides is 2. The van der Waals surface area contributed by atoms with E-state index in [1.807, 2.05) is 4.90 Å². The molecule has 4 rings (SSSR count). The summed E-state index contributed by atoms with van der Waals surface area (Å²) in [5.41, 5.74) is 0.493. The first-order chi connectivity index (χ1) is 11.7. The molecule has 2 amide bonds. The summed E-state index contributed by atoms with van der Waals surface area (Å²) in [6.45, 7) is 3.70. The van der Waals surface area contributed by atoms with Crippen molar-refractivity contribution in [3.8, 4) is 0 Å².